The molecule has 2 aliphatic rings. The lowest BCUT2D eigenvalue weighted by molar-refractivity contribution is -0.140. The Labute approximate surface area is 290 Å². The van der Waals surface area contributed by atoms with E-state index in [-0.39, 0.29) is 29.9 Å². The largest absolute Gasteiger partial charge is 0.480 e. The van der Waals surface area contributed by atoms with E-state index in [0.29, 0.717) is 51.5 Å². The fourth-order valence-electron chi connectivity index (χ4n) is 6.29. The molecule has 0 radical (unpaired) electrons. The van der Waals surface area contributed by atoms with Gasteiger partial charge >= 0.3 is 6.18 Å². The van der Waals surface area contributed by atoms with Crippen molar-refractivity contribution in [3.8, 4) is 39.8 Å². The van der Waals surface area contributed by atoms with E-state index in [2.05, 4.69) is 25.0 Å². The van der Waals surface area contributed by atoms with Crippen molar-refractivity contribution >= 4 is 11.0 Å². The molecule has 0 unspecified atom stereocenters. The standard InChI is InChI=1S/C36H35F3N10O2/c1-46(2)12-13-47-18-25(16-43-47)27-14-24-15-40-31(29-30(22-8-9-22)41-20-42-34(29)51-3)45-33(24)49(35(27)50)17-21-4-6-23(7-5-21)32-44-28(36(37,38)39)19-48(32)26-10-11-26/h4-7,14-16,18-20,22,26H,8-13,17H2,1-3H3. The molecule has 0 atom stereocenters. The summed E-state index contributed by atoms with van der Waals surface area (Å²) in [5.74, 6) is 1.24. The lowest BCUT2D eigenvalue weighted by atomic mass is 10.1. The summed E-state index contributed by atoms with van der Waals surface area (Å²) in [4.78, 5) is 39.0. The Balaban J connectivity index is 1.22. The first-order chi connectivity index (χ1) is 24.6. The number of hydrogen-bond acceptors (Lipinski definition) is 9. The number of benzene rings is 1. The van der Waals surface area contributed by atoms with Crippen molar-refractivity contribution in [2.75, 3.05) is 27.7 Å². The summed E-state index contributed by atoms with van der Waals surface area (Å²) >= 11 is 0. The number of fused-ring (bicyclic) bond motifs is 1. The fraction of sp³-hybridized carbons (Fsp3) is 0.361. The summed E-state index contributed by atoms with van der Waals surface area (Å²) in [5.41, 5.74) is 3.05. The lowest BCUT2D eigenvalue weighted by Crippen LogP contribution is -2.24. The van der Waals surface area contributed by atoms with Gasteiger partial charge in [-0.25, -0.2) is 24.9 Å². The smallest absolute Gasteiger partial charge is 0.434 e. The SMILES string of the molecule is COc1ncnc(C2CC2)c1-c1ncc2cc(-c3cnn(CCN(C)C)c3)c(=O)n(Cc3ccc(-c4nc(C(F)(F)F)cn4C4CC4)cc3)c2n1. The van der Waals surface area contributed by atoms with Gasteiger partial charge in [0, 0.05) is 53.6 Å². The molecule has 2 saturated carbocycles. The highest BCUT2D eigenvalue weighted by Crippen LogP contribution is 2.45. The molecule has 0 amide bonds. The molecule has 5 heterocycles. The number of aromatic nitrogens is 9. The van der Waals surface area contributed by atoms with Crippen LogP contribution in [0.2, 0.25) is 0 Å². The van der Waals surface area contributed by atoms with Crippen LogP contribution in [-0.2, 0) is 19.3 Å². The summed E-state index contributed by atoms with van der Waals surface area (Å²) in [7, 11) is 5.51. The molecule has 5 aromatic heterocycles. The van der Waals surface area contributed by atoms with E-state index in [4.69, 9.17) is 14.7 Å². The van der Waals surface area contributed by atoms with Gasteiger partial charge < -0.3 is 14.2 Å². The number of likely N-dealkylation sites (N-methyl/N-ethyl adjacent to an activating group) is 1. The van der Waals surface area contributed by atoms with Gasteiger partial charge in [-0.1, -0.05) is 24.3 Å². The molecule has 0 N–H and O–H groups in total. The van der Waals surface area contributed by atoms with Gasteiger partial charge in [0.05, 0.1) is 37.7 Å². The van der Waals surface area contributed by atoms with Gasteiger partial charge in [-0.05, 0) is 51.4 Å². The zero-order valence-corrected chi connectivity index (χ0v) is 28.3. The van der Waals surface area contributed by atoms with Crippen molar-refractivity contribution in [2.24, 2.45) is 0 Å². The molecule has 8 rings (SSSR count). The van der Waals surface area contributed by atoms with Gasteiger partial charge in [-0.3, -0.25) is 14.0 Å². The number of imidazole rings is 1. The molecule has 12 nitrogen and oxygen atoms in total. The van der Waals surface area contributed by atoms with Crippen LogP contribution < -0.4 is 10.3 Å². The predicted molar refractivity (Wildman–Crippen MR) is 183 cm³/mol. The molecule has 0 bridgehead atoms. The molecule has 2 aliphatic carbocycles. The Bertz CT molecular complexity index is 2300. The molecule has 0 saturated heterocycles. The fourth-order valence-corrected chi connectivity index (χ4v) is 6.29. The van der Waals surface area contributed by atoms with Gasteiger partial charge in [-0.2, -0.15) is 18.3 Å². The minimum absolute atomic E-state index is 0.00569. The first kappa shape index (κ1) is 32.7. The van der Waals surface area contributed by atoms with Gasteiger partial charge in [0.2, 0.25) is 5.88 Å². The van der Waals surface area contributed by atoms with Crippen LogP contribution in [0.15, 0.2) is 66.2 Å². The third-order valence-electron chi connectivity index (χ3n) is 9.29. The van der Waals surface area contributed by atoms with Crippen molar-refractivity contribution in [1.82, 2.24) is 48.7 Å². The predicted octanol–water partition coefficient (Wildman–Crippen LogP) is 5.83. The molecular weight excluding hydrogens is 661 g/mol. The van der Waals surface area contributed by atoms with E-state index >= 15 is 0 Å². The van der Waals surface area contributed by atoms with Crippen LogP contribution in [-0.4, -0.2) is 76.5 Å². The number of alkyl halides is 3. The molecule has 15 heteroatoms. The zero-order chi connectivity index (χ0) is 35.4. The first-order valence-corrected chi connectivity index (χ1v) is 16.8. The molecule has 0 aliphatic heterocycles. The van der Waals surface area contributed by atoms with Crippen molar-refractivity contribution < 1.29 is 17.9 Å². The van der Waals surface area contributed by atoms with Crippen molar-refractivity contribution in [2.45, 2.75) is 56.9 Å². The topological polar surface area (TPSA) is 122 Å². The third kappa shape index (κ3) is 6.49. The van der Waals surface area contributed by atoms with Crippen LogP contribution in [0.25, 0.3) is 44.9 Å². The number of nitrogens with zero attached hydrogens (tertiary/aromatic N) is 10. The van der Waals surface area contributed by atoms with Crippen molar-refractivity contribution in [3.05, 3.63) is 88.8 Å². The maximum atomic E-state index is 14.4. The summed E-state index contributed by atoms with van der Waals surface area (Å²) in [5, 5.41) is 5.13. The number of ether oxygens (including phenoxy) is 1. The van der Waals surface area contributed by atoms with Crippen LogP contribution in [0, 0.1) is 0 Å². The Hall–Kier alpha value is -5.44. The van der Waals surface area contributed by atoms with Gasteiger partial charge in [-0.15, -0.1) is 0 Å². The summed E-state index contributed by atoms with van der Waals surface area (Å²) < 4.78 is 51.4. The average Bonchev–Trinajstić information content (AvgIpc) is 4.06. The summed E-state index contributed by atoms with van der Waals surface area (Å²) in [6.45, 7) is 1.57. The number of halogens is 3. The molecule has 0 spiro atoms. The molecule has 1 aromatic carbocycles. The van der Waals surface area contributed by atoms with Crippen LogP contribution in [0.4, 0.5) is 13.2 Å². The average molecular weight is 697 g/mol. The Kier molecular flexibility index (Phi) is 8.16. The van der Waals surface area contributed by atoms with E-state index in [1.54, 1.807) is 56.5 Å². The van der Waals surface area contributed by atoms with E-state index in [1.807, 2.05) is 20.3 Å². The van der Waals surface area contributed by atoms with Crippen LogP contribution in [0.5, 0.6) is 5.88 Å². The zero-order valence-electron chi connectivity index (χ0n) is 28.3. The maximum absolute atomic E-state index is 14.4. The van der Waals surface area contributed by atoms with Crippen molar-refractivity contribution in [1.29, 1.82) is 0 Å². The van der Waals surface area contributed by atoms with E-state index in [9.17, 15) is 18.0 Å². The minimum Gasteiger partial charge on any atom is -0.480 e. The number of methoxy groups -OCH3 is 1. The molecule has 51 heavy (non-hydrogen) atoms. The van der Waals surface area contributed by atoms with E-state index < -0.39 is 11.9 Å². The van der Waals surface area contributed by atoms with Crippen LogP contribution in [0.3, 0.4) is 0 Å². The molecule has 2 fully saturated rings. The summed E-state index contributed by atoms with van der Waals surface area (Å²) in [6, 6.07) is 8.89. The van der Waals surface area contributed by atoms with E-state index in [1.165, 1.54) is 13.4 Å². The van der Waals surface area contributed by atoms with Gasteiger partial charge in [0.1, 0.15) is 23.4 Å². The monoisotopic (exact) mass is 696 g/mol. The minimum atomic E-state index is -4.54. The number of pyridine rings is 1. The highest BCUT2D eigenvalue weighted by molar-refractivity contribution is 5.82. The number of rotatable bonds is 11. The molecule has 262 valence electrons. The Morgan fingerprint density at radius 2 is 1.75 bits per heavy atom. The second-order valence-electron chi connectivity index (χ2n) is 13.4. The maximum Gasteiger partial charge on any atom is 0.434 e. The van der Waals surface area contributed by atoms with Crippen LogP contribution >= 0.6 is 0 Å². The van der Waals surface area contributed by atoms with Gasteiger partial charge in [0.25, 0.3) is 5.56 Å². The second kappa shape index (κ2) is 12.7. The lowest BCUT2D eigenvalue weighted by Gasteiger charge is -2.15. The Morgan fingerprint density at radius 3 is 2.43 bits per heavy atom. The number of hydrogen-bond donors (Lipinski definition) is 0. The first-order valence-electron chi connectivity index (χ1n) is 16.8. The van der Waals surface area contributed by atoms with Gasteiger partial charge in [0.15, 0.2) is 11.5 Å². The Morgan fingerprint density at radius 1 is 0.961 bits per heavy atom. The van der Waals surface area contributed by atoms with Crippen molar-refractivity contribution in [3.63, 3.8) is 0 Å². The third-order valence-corrected chi connectivity index (χ3v) is 9.29. The quantitative estimate of drug-likeness (QED) is 0.165. The normalized spacial score (nSPS) is 14.9. The second-order valence-corrected chi connectivity index (χ2v) is 13.4. The molecule has 6 aromatic rings. The summed E-state index contributed by atoms with van der Waals surface area (Å²) in [6.07, 6.45) is 6.86. The van der Waals surface area contributed by atoms with Crippen LogP contribution in [0.1, 0.15) is 54.6 Å². The highest BCUT2D eigenvalue weighted by Gasteiger charge is 2.37. The molecular formula is C36H35F3N10O2. The van der Waals surface area contributed by atoms with E-state index in [0.717, 1.165) is 49.7 Å². The highest BCUT2D eigenvalue weighted by atomic mass is 19.4.